The predicted molar refractivity (Wildman–Crippen MR) is 102 cm³/mol. The highest BCUT2D eigenvalue weighted by atomic mass is 19.4. The average molecular weight is 419 g/mol. The largest absolute Gasteiger partial charge is 0.490 e. The summed E-state index contributed by atoms with van der Waals surface area (Å²) in [5.41, 5.74) is 3.10. The van der Waals surface area contributed by atoms with Gasteiger partial charge in [0.05, 0.1) is 24.7 Å². The Labute approximate surface area is 170 Å². The van der Waals surface area contributed by atoms with Crippen LogP contribution in [-0.4, -0.2) is 37.0 Å². The number of aromatic nitrogens is 4. The van der Waals surface area contributed by atoms with Crippen molar-refractivity contribution in [2.24, 2.45) is 5.92 Å². The fraction of sp³-hybridized carbons (Fsp3) is 0.400. The highest BCUT2D eigenvalue weighted by Crippen LogP contribution is 2.36. The van der Waals surface area contributed by atoms with E-state index in [1.165, 1.54) is 25.7 Å². The zero-order valence-electron chi connectivity index (χ0n) is 15.9. The van der Waals surface area contributed by atoms with E-state index in [2.05, 4.69) is 27.3 Å². The number of carboxylic acids is 1. The molecule has 30 heavy (non-hydrogen) atoms. The first-order valence-electron chi connectivity index (χ1n) is 9.45. The van der Waals surface area contributed by atoms with Crippen molar-refractivity contribution in [1.82, 2.24) is 19.7 Å². The molecule has 3 aromatic heterocycles. The third kappa shape index (κ3) is 4.79. The molecule has 158 valence electrons. The number of carbonyl (C=O) groups is 1. The van der Waals surface area contributed by atoms with Crippen molar-refractivity contribution in [3.63, 3.8) is 0 Å². The summed E-state index contributed by atoms with van der Waals surface area (Å²) < 4.78 is 33.7. The standard InChI is InChI=1S/C18H19N5.C2HF3O2/c19-8-5-17(13-3-1-2-4-13)23-12-14(11-22-23)15-6-9-20-18-16(15)7-10-21-18;3-2(4,5)1(6)7/h6-7,9-13,17H,1-5H2,(H,20,21);(H,6,7)/t17-;/m1./s1. The molecule has 3 heterocycles. The number of pyridine rings is 1. The van der Waals surface area contributed by atoms with Gasteiger partial charge in [0.1, 0.15) is 5.65 Å². The van der Waals surface area contributed by atoms with Gasteiger partial charge in [-0.2, -0.15) is 23.5 Å². The third-order valence-corrected chi connectivity index (χ3v) is 5.20. The van der Waals surface area contributed by atoms with Crippen molar-refractivity contribution in [3.8, 4) is 17.2 Å². The van der Waals surface area contributed by atoms with E-state index in [-0.39, 0.29) is 6.04 Å². The molecule has 1 atom stereocenters. The van der Waals surface area contributed by atoms with Gasteiger partial charge in [0, 0.05) is 29.5 Å². The Kier molecular flexibility index (Phi) is 6.40. The Morgan fingerprint density at radius 2 is 2.07 bits per heavy atom. The minimum absolute atomic E-state index is 0.194. The Hall–Kier alpha value is -3.35. The van der Waals surface area contributed by atoms with Crippen LogP contribution in [0, 0.1) is 17.2 Å². The molecule has 1 saturated carbocycles. The molecule has 0 aliphatic heterocycles. The number of rotatable bonds is 4. The number of carboxylic acid groups (broad SMARTS) is 1. The van der Waals surface area contributed by atoms with Crippen molar-refractivity contribution in [1.29, 1.82) is 5.26 Å². The van der Waals surface area contributed by atoms with E-state index >= 15 is 0 Å². The topological polar surface area (TPSA) is 108 Å². The van der Waals surface area contributed by atoms with Crippen LogP contribution in [0.5, 0.6) is 0 Å². The number of aliphatic carboxylic acids is 1. The number of nitriles is 1. The van der Waals surface area contributed by atoms with E-state index in [1.54, 1.807) is 0 Å². The Morgan fingerprint density at radius 1 is 1.37 bits per heavy atom. The van der Waals surface area contributed by atoms with E-state index in [0.29, 0.717) is 12.3 Å². The summed E-state index contributed by atoms with van der Waals surface area (Å²) in [6.07, 6.45) is 8.12. The Morgan fingerprint density at radius 3 is 2.70 bits per heavy atom. The lowest BCUT2D eigenvalue weighted by Gasteiger charge is -2.21. The van der Waals surface area contributed by atoms with Crippen LogP contribution in [0.4, 0.5) is 13.2 Å². The van der Waals surface area contributed by atoms with E-state index in [0.717, 1.165) is 22.2 Å². The molecule has 1 fully saturated rings. The average Bonchev–Trinajstić information content (AvgIpc) is 3.47. The van der Waals surface area contributed by atoms with E-state index in [9.17, 15) is 18.4 Å². The van der Waals surface area contributed by atoms with Gasteiger partial charge < -0.3 is 10.1 Å². The number of halogens is 3. The number of hydrogen-bond acceptors (Lipinski definition) is 4. The van der Waals surface area contributed by atoms with Gasteiger partial charge in [-0.25, -0.2) is 9.78 Å². The summed E-state index contributed by atoms with van der Waals surface area (Å²) in [5.74, 6) is -2.18. The highest BCUT2D eigenvalue weighted by Gasteiger charge is 2.38. The number of nitrogens with one attached hydrogen (secondary N) is 1. The molecule has 0 bridgehead atoms. The number of hydrogen-bond donors (Lipinski definition) is 2. The van der Waals surface area contributed by atoms with Crippen molar-refractivity contribution in [3.05, 3.63) is 36.9 Å². The number of H-pyrrole nitrogens is 1. The van der Waals surface area contributed by atoms with Gasteiger partial charge in [0.2, 0.25) is 0 Å². The van der Waals surface area contributed by atoms with Gasteiger partial charge in [0.15, 0.2) is 0 Å². The third-order valence-electron chi connectivity index (χ3n) is 5.20. The summed E-state index contributed by atoms with van der Waals surface area (Å²) in [6, 6.07) is 6.60. The SMILES string of the molecule is N#CC[C@H](C1CCCC1)n1cc(-c2ccnc3[nH]ccc23)cn1.O=C(O)C(F)(F)F. The van der Waals surface area contributed by atoms with Crippen LogP contribution in [0.2, 0.25) is 0 Å². The van der Waals surface area contributed by atoms with Crippen LogP contribution >= 0.6 is 0 Å². The molecule has 0 saturated heterocycles. The van der Waals surface area contributed by atoms with Crippen LogP contribution in [0.15, 0.2) is 36.9 Å². The maximum Gasteiger partial charge on any atom is 0.490 e. The maximum atomic E-state index is 10.6. The van der Waals surface area contributed by atoms with E-state index < -0.39 is 12.1 Å². The fourth-order valence-corrected chi connectivity index (χ4v) is 3.78. The predicted octanol–water partition coefficient (Wildman–Crippen LogP) is 4.70. The van der Waals surface area contributed by atoms with E-state index in [4.69, 9.17) is 9.90 Å². The molecular formula is C20H20F3N5O2. The summed E-state index contributed by atoms with van der Waals surface area (Å²) in [7, 11) is 0. The number of aromatic amines is 1. The highest BCUT2D eigenvalue weighted by molar-refractivity contribution is 5.92. The summed E-state index contributed by atoms with van der Waals surface area (Å²) in [5, 5.41) is 22.0. The van der Waals surface area contributed by atoms with Crippen molar-refractivity contribution in [2.45, 2.75) is 44.3 Å². The summed E-state index contributed by atoms with van der Waals surface area (Å²) in [4.78, 5) is 16.4. The van der Waals surface area contributed by atoms with Crippen LogP contribution in [0.25, 0.3) is 22.2 Å². The number of fused-ring (bicyclic) bond motifs is 1. The summed E-state index contributed by atoms with van der Waals surface area (Å²) in [6.45, 7) is 0. The molecule has 3 aromatic rings. The molecule has 2 N–H and O–H groups in total. The molecule has 1 aliphatic carbocycles. The lowest BCUT2D eigenvalue weighted by atomic mass is 9.96. The molecule has 0 spiro atoms. The smallest absolute Gasteiger partial charge is 0.475 e. The lowest BCUT2D eigenvalue weighted by molar-refractivity contribution is -0.192. The van der Waals surface area contributed by atoms with Crippen molar-refractivity contribution < 1.29 is 23.1 Å². The normalized spacial score (nSPS) is 15.4. The fourth-order valence-electron chi connectivity index (χ4n) is 3.78. The quantitative estimate of drug-likeness (QED) is 0.637. The Bertz CT molecular complexity index is 1040. The second-order valence-electron chi connectivity index (χ2n) is 7.08. The first-order valence-corrected chi connectivity index (χ1v) is 9.45. The van der Waals surface area contributed by atoms with Gasteiger partial charge in [-0.3, -0.25) is 4.68 Å². The van der Waals surface area contributed by atoms with Gasteiger partial charge >= 0.3 is 12.1 Å². The zero-order chi connectivity index (χ0) is 21.7. The van der Waals surface area contributed by atoms with Crippen LogP contribution in [-0.2, 0) is 4.79 Å². The summed E-state index contributed by atoms with van der Waals surface area (Å²) >= 11 is 0. The first-order chi connectivity index (χ1) is 14.3. The Balaban J connectivity index is 0.000000318. The van der Waals surface area contributed by atoms with E-state index in [1.807, 2.05) is 35.4 Å². The van der Waals surface area contributed by atoms with Crippen LogP contribution < -0.4 is 0 Å². The molecule has 7 nitrogen and oxygen atoms in total. The van der Waals surface area contributed by atoms with Gasteiger partial charge in [0.25, 0.3) is 0 Å². The molecule has 10 heteroatoms. The van der Waals surface area contributed by atoms with Gasteiger partial charge in [-0.1, -0.05) is 12.8 Å². The first kappa shape index (κ1) is 21.4. The number of nitrogens with zero attached hydrogens (tertiary/aromatic N) is 4. The molecule has 0 aromatic carbocycles. The monoisotopic (exact) mass is 419 g/mol. The maximum absolute atomic E-state index is 10.6. The zero-order valence-corrected chi connectivity index (χ0v) is 15.9. The minimum Gasteiger partial charge on any atom is -0.475 e. The molecule has 4 rings (SSSR count). The van der Waals surface area contributed by atoms with Gasteiger partial charge in [-0.05, 0) is 36.5 Å². The van der Waals surface area contributed by atoms with Crippen LogP contribution in [0.3, 0.4) is 0 Å². The molecule has 0 unspecified atom stereocenters. The van der Waals surface area contributed by atoms with Crippen molar-refractivity contribution in [2.75, 3.05) is 0 Å². The van der Waals surface area contributed by atoms with Gasteiger partial charge in [-0.15, -0.1) is 0 Å². The molecule has 0 amide bonds. The van der Waals surface area contributed by atoms with Crippen molar-refractivity contribution >= 4 is 17.0 Å². The second-order valence-corrected chi connectivity index (χ2v) is 7.08. The minimum atomic E-state index is -5.08. The number of alkyl halides is 3. The van der Waals surface area contributed by atoms with Crippen LogP contribution in [0.1, 0.15) is 38.1 Å². The molecular weight excluding hydrogens is 399 g/mol. The second kappa shape index (κ2) is 8.98. The molecule has 1 aliphatic rings. The lowest BCUT2D eigenvalue weighted by Crippen LogP contribution is -2.21. The molecule has 0 radical (unpaired) electrons.